The van der Waals surface area contributed by atoms with Gasteiger partial charge in [0.05, 0.1) is 0 Å². The summed E-state index contributed by atoms with van der Waals surface area (Å²) in [6, 6.07) is 5.84. The molecule has 0 amide bonds. The van der Waals surface area contributed by atoms with Gasteiger partial charge in [-0.05, 0) is 24.6 Å². The molecule has 0 bridgehead atoms. The highest BCUT2D eigenvalue weighted by Crippen LogP contribution is 2.13. The Balaban J connectivity index is 3.04. The third kappa shape index (κ3) is 1.78. The largest absolute Gasteiger partial charge is 0.295 e. The zero-order chi connectivity index (χ0) is 9.14. The van der Waals surface area contributed by atoms with Gasteiger partial charge in [-0.25, -0.2) is 4.39 Å². The van der Waals surface area contributed by atoms with Gasteiger partial charge in [0.25, 0.3) is 0 Å². The topological polar surface area (TPSA) is 17.1 Å². The quantitative estimate of drug-likeness (QED) is 0.613. The van der Waals surface area contributed by atoms with Crippen molar-refractivity contribution >= 4 is 11.4 Å². The molecule has 0 aromatic heterocycles. The first-order valence-electron chi connectivity index (χ1n) is 3.57. The zero-order valence-corrected chi connectivity index (χ0v) is 6.80. The number of allylic oxidation sites excluding steroid dienone is 1. The fraction of sp³-hybridized carbons (Fsp3) is 0.100. The second kappa shape index (κ2) is 3.30. The summed E-state index contributed by atoms with van der Waals surface area (Å²) in [5, 5.41) is 0. The average Bonchev–Trinajstić information content (AvgIpc) is 2.03. The van der Waals surface area contributed by atoms with Crippen molar-refractivity contribution in [3.8, 4) is 0 Å². The van der Waals surface area contributed by atoms with Crippen LogP contribution in [0.15, 0.2) is 30.8 Å². The van der Waals surface area contributed by atoms with Crippen LogP contribution in [0.25, 0.3) is 5.57 Å². The van der Waals surface area contributed by atoms with Gasteiger partial charge in [0.15, 0.2) is 5.78 Å². The molecule has 1 rings (SSSR count). The summed E-state index contributed by atoms with van der Waals surface area (Å²) in [7, 11) is 0. The third-order valence-corrected chi connectivity index (χ3v) is 1.60. The van der Waals surface area contributed by atoms with E-state index in [0.29, 0.717) is 11.1 Å². The Bertz CT molecular complexity index is 328. The van der Waals surface area contributed by atoms with Crippen LogP contribution in [0.4, 0.5) is 4.39 Å². The Morgan fingerprint density at radius 2 is 2.17 bits per heavy atom. The number of benzene rings is 1. The van der Waals surface area contributed by atoms with Crippen molar-refractivity contribution in [1.29, 1.82) is 0 Å². The first-order chi connectivity index (χ1) is 5.61. The van der Waals surface area contributed by atoms with Crippen LogP contribution in [-0.4, -0.2) is 5.78 Å². The number of rotatable bonds is 2. The molecule has 12 heavy (non-hydrogen) atoms. The minimum absolute atomic E-state index is 0.138. The number of carbonyl (C=O) groups excluding carboxylic acids is 1. The van der Waals surface area contributed by atoms with Crippen LogP contribution in [0.5, 0.6) is 0 Å². The van der Waals surface area contributed by atoms with Crippen LogP contribution in [0, 0.1) is 5.82 Å². The van der Waals surface area contributed by atoms with Gasteiger partial charge in [-0.1, -0.05) is 18.7 Å². The predicted molar refractivity (Wildman–Crippen MR) is 46.1 cm³/mol. The SMILES string of the molecule is C=C(C(C)=O)c1cccc(F)c1. The Hall–Kier alpha value is -1.44. The lowest BCUT2D eigenvalue weighted by Crippen LogP contribution is -1.94. The molecule has 0 atom stereocenters. The van der Waals surface area contributed by atoms with Gasteiger partial charge in [-0.15, -0.1) is 0 Å². The fourth-order valence-corrected chi connectivity index (χ4v) is 0.879. The first-order valence-corrected chi connectivity index (χ1v) is 3.57. The maximum Gasteiger partial charge on any atom is 0.159 e. The van der Waals surface area contributed by atoms with Crippen LogP contribution < -0.4 is 0 Å². The summed E-state index contributed by atoms with van der Waals surface area (Å²) in [5.41, 5.74) is 0.886. The molecular weight excluding hydrogens is 155 g/mol. The van der Waals surface area contributed by atoms with Gasteiger partial charge in [-0.2, -0.15) is 0 Å². The van der Waals surface area contributed by atoms with E-state index in [-0.39, 0.29) is 11.6 Å². The van der Waals surface area contributed by atoms with E-state index in [0.717, 1.165) is 0 Å². The van der Waals surface area contributed by atoms with Crippen LogP contribution in [0.2, 0.25) is 0 Å². The minimum atomic E-state index is -0.352. The molecule has 62 valence electrons. The standard InChI is InChI=1S/C10H9FO/c1-7(8(2)12)9-4-3-5-10(11)6-9/h3-6H,1H2,2H3. The molecule has 1 aromatic rings. The van der Waals surface area contributed by atoms with Gasteiger partial charge in [0.2, 0.25) is 0 Å². The number of ketones is 1. The molecule has 0 radical (unpaired) electrons. The lowest BCUT2D eigenvalue weighted by molar-refractivity contribution is -0.111. The molecule has 0 unspecified atom stereocenters. The summed E-state index contributed by atoms with van der Waals surface area (Å²) in [6.07, 6.45) is 0. The minimum Gasteiger partial charge on any atom is -0.295 e. The van der Waals surface area contributed by atoms with Gasteiger partial charge in [0, 0.05) is 5.57 Å². The Labute approximate surface area is 70.5 Å². The molecule has 0 aliphatic heterocycles. The van der Waals surface area contributed by atoms with Crippen molar-refractivity contribution in [3.05, 3.63) is 42.2 Å². The molecule has 0 fully saturated rings. The molecule has 0 aliphatic rings. The Kier molecular flexibility index (Phi) is 2.38. The average molecular weight is 164 g/mol. The summed E-state index contributed by atoms with van der Waals surface area (Å²) in [4.78, 5) is 10.8. The highest BCUT2D eigenvalue weighted by atomic mass is 19.1. The maximum atomic E-state index is 12.6. The second-order valence-corrected chi connectivity index (χ2v) is 2.55. The number of Topliss-reactive ketones (excluding diaryl/α,β-unsaturated/α-hetero) is 1. The lowest BCUT2D eigenvalue weighted by atomic mass is 10.0. The van der Waals surface area contributed by atoms with Crippen molar-refractivity contribution in [2.45, 2.75) is 6.92 Å². The number of carbonyl (C=O) groups is 1. The maximum absolute atomic E-state index is 12.6. The molecule has 0 saturated heterocycles. The molecule has 0 aliphatic carbocycles. The van der Waals surface area contributed by atoms with Crippen molar-refractivity contribution in [1.82, 2.24) is 0 Å². The molecule has 2 heteroatoms. The summed E-state index contributed by atoms with van der Waals surface area (Å²) in [6.45, 7) is 4.96. The van der Waals surface area contributed by atoms with Crippen molar-refractivity contribution < 1.29 is 9.18 Å². The van der Waals surface area contributed by atoms with Gasteiger partial charge < -0.3 is 0 Å². The van der Waals surface area contributed by atoms with Gasteiger partial charge >= 0.3 is 0 Å². The molecule has 1 nitrogen and oxygen atoms in total. The molecule has 0 saturated carbocycles. The molecule has 1 aromatic carbocycles. The number of hydrogen-bond acceptors (Lipinski definition) is 1. The van der Waals surface area contributed by atoms with Crippen LogP contribution in [-0.2, 0) is 4.79 Å². The first kappa shape index (κ1) is 8.65. The van der Waals surface area contributed by atoms with Gasteiger partial charge in [-0.3, -0.25) is 4.79 Å². The Morgan fingerprint density at radius 1 is 1.50 bits per heavy atom. The fourth-order valence-electron chi connectivity index (χ4n) is 0.879. The van der Waals surface area contributed by atoms with E-state index in [9.17, 15) is 9.18 Å². The second-order valence-electron chi connectivity index (χ2n) is 2.55. The smallest absolute Gasteiger partial charge is 0.159 e. The molecule has 0 heterocycles. The summed E-state index contributed by atoms with van der Waals surface area (Å²) < 4.78 is 12.6. The monoisotopic (exact) mass is 164 g/mol. The van der Waals surface area contributed by atoms with Crippen molar-refractivity contribution in [2.75, 3.05) is 0 Å². The lowest BCUT2D eigenvalue weighted by Gasteiger charge is -2.00. The third-order valence-electron chi connectivity index (χ3n) is 1.60. The van der Waals surface area contributed by atoms with Crippen LogP contribution in [0.1, 0.15) is 12.5 Å². The summed E-state index contributed by atoms with van der Waals surface area (Å²) >= 11 is 0. The van der Waals surface area contributed by atoms with Crippen LogP contribution >= 0.6 is 0 Å². The van der Waals surface area contributed by atoms with Crippen molar-refractivity contribution in [3.63, 3.8) is 0 Å². The predicted octanol–water partition coefficient (Wildman–Crippen LogP) is 2.43. The van der Waals surface area contributed by atoms with Crippen molar-refractivity contribution in [2.24, 2.45) is 0 Å². The van der Waals surface area contributed by atoms with E-state index in [1.165, 1.54) is 19.1 Å². The number of hydrogen-bond donors (Lipinski definition) is 0. The Morgan fingerprint density at radius 3 is 2.67 bits per heavy atom. The summed E-state index contributed by atoms with van der Waals surface area (Å²) in [5.74, 6) is -0.490. The molecule has 0 N–H and O–H groups in total. The normalized spacial score (nSPS) is 9.50. The van der Waals surface area contributed by atoms with Gasteiger partial charge in [0.1, 0.15) is 5.82 Å². The highest BCUT2D eigenvalue weighted by molar-refractivity contribution is 6.18. The van der Waals surface area contributed by atoms with Crippen LogP contribution in [0.3, 0.4) is 0 Å². The van der Waals surface area contributed by atoms with E-state index in [2.05, 4.69) is 6.58 Å². The van der Waals surface area contributed by atoms with E-state index in [1.807, 2.05) is 0 Å². The molecular formula is C10H9FO. The zero-order valence-electron chi connectivity index (χ0n) is 6.80. The van der Waals surface area contributed by atoms with E-state index >= 15 is 0 Å². The van der Waals surface area contributed by atoms with E-state index in [1.54, 1.807) is 12.1 Å². The number of halogens is 1. The highest BCUT2D eigenvalue weighted by Gasteiger charge is 2.03. The molecule has 0 spiro atoms. The van der Waals surface area contributed by atoms with E-state index < -0.39 is 0 Å². The van der Waals surface area contributed by atoms with E-state index in [4.69, 9.17) is 0 Å².